The average Bonchev–Trinajstić information content (AvgIpc) is 2.59. The first-order chi connectivity index (χ1) is 11.8. The van der Waals surface area contributed by atoms with Gasteiger partial charge in [-0.25, -0.2) is 0 Å². The summed E-state index contributed by atoms with van der Waals surface area (Å²) in [5, 5.41) is 6.72. The first kappa shape index (κ1) is 24.9. The molecule has 1 atom stereocenters. The van der Waals surface area contributed by atoms with E-state index < -0.39 is 0 Å². The van der Waals surface area contributed by atoms with Crippen LogP contribution in [0.1, 0.15) is 32.4 Å². The van der Waals surface area contributed by atoms with Crippen LogP contribution >= 0.6 is 24.0 Å². The van der Waals surface area contributed by atoms with E-state index in [-0.39, 0.29) is 35.6 Å². The van der Waals surface area contributed by atoms with E-state index >= 15 is 0 Å². The summed E-state index contributed by atoms with van der Waals surface area (Å²) in [6, 6.07) is 8.37. The minimum atomic E-state index is -0.282. The van der Waals surface area contributed by atoms with Crippen molar-refractivity contribution in [1.29, 1.82) is 0 Å². The number of nitrogens with one attached hydrogen (secondary N) is 2. The average molecular weight is 478 g/mol. The molecule has 7 heteroatoms. The van der Waals surface area contributed by atoms with Gasteiger partial charge in [0.25, 0.3) is 0 Å². The summed E-state index contributed by atoms with van der Waals surface area (Å²) in [6.07, 6.45) is 0. The summed E-state index contributed by atoms with van der Waals surface area (Å²) >= 11 is 0. The highest BCUT2D eigenvalue weighted by molar-refractivity contribution is 14.0. The number of ether oxygens (including phenoxy) is 2. The summed E-state index contributed by atoms with van der Waals surface area (Å²) in [6.45, 7) is 8.25. The molecule has 0 amide bonds. The standard InChI is InChI=1S/C19H34N4O2.HI/c1-8-20-18(22-14-19(2,3)25-7)21-13-17(23(4)5)15-10-9-11-16(12-15)24-6;/h9-12,17H,8,13-14H2,1-7H3,(H2,20,21,22);1H. The number of rotatable bonds is 9. The second-order valence-electron chi connectivity index (χ2n) is 6.80. The smallest absolute Gasteiger partial charge is 0.191 e. The van der Waals surface area contributed by atoms with E-state index in [0.29, 0.717) is 6.54 Å². The maximum Gasteiger partial charge on any atom is 0.191 e. The monoisotopic (exact) mass is 478 g/mol. The number of methoxy groups -OCH3 is 2. The molecule has 150 valence electrons. The van der Waals surface area contributed by atoms with Gasteiger partial charge in [0, 0.05) is 20.2 Å². The van der Waals surface area contributed by atoms with E-state index in [2.05, 4.69) is 53.7 Å². The van der Waals surface area contributed by atoms with Gasteiger partial charge in [-0.1, -0.05) is 12.1 Å². The molecule has 2 N–H and O–H groups in total. The van der Waals surface area contributed by atoms with Gasteiger partial charge in [0.15, 0.2) is 5.96 Å². The number of hydrogen-bond acceptors (Lipinski definition) is 4. The second-order valence-corrected chi connectivity index (χ2v) is 6.80. The predicted molar refractivity (Wildman–Crippen MR) is 120 cm³/mol. The molecule has 0 aromatic heterocycles. The lowest BCUT2D eigenvalue weighted by Crippen LogP contribution is -2.42. The molecule has 0 radical (unpaired) electrons. The lowest BCUT2D eigenvalue weighted by atomic mass is 10.1. The molecule has 0 heterocycles. The molecule has 1 aromatic carbocycles. The Hall–Kier alpha value is -1.06. The summed E-state index contributed by atoms with van der Waals surface area (Å²) in [7, 11) is 7.55. The lowest BCUT2D eigenvalue weighted by Gasteiger charge is -2.27. The van der Waals surface area contributed by atoms with Crippen LogP contribution in [0.3, 0.4) is 0 Å². The van der Waals surface area contributed by atoms with Crippen LogP contribution in [0.2, 0.25) is 0 Å². The highest BCUT2D eigenvalue weighted by Crippen LogP contribution is 2.22. The zero-order valence-electron chi connectivity index (χ0n) is 17.1. The molecule has 0 bridgehead atoms. The molecule has 0 saturated carbocycles. The van der Waals surface area contributed by atoms with Crippen molar-refractivity contribution in [3.05, 3.63) is 29.8 Å². The molecule has 0 spiro atoms. The van der Waals surface area contributed by atoms with E-state index in [1.165, 1.54) is 5.56 Å². The van der Waals surface area contributed by atoms with Crippen LogP contribution in [0.15, 0.2) is 29.3 Å². The predicted octanol–water partition coefficient (Wildman–Crippen LogP) is 2.90. The Balaban J connectivity index is 0.00000625. The molecule has 1 aromatic rings. The van der Waals surface area contributed by atoms with Gasteiger partial charge in [0.05, 0.1) is 25.3 Å². The van der Waals surface area contributed by atoms with Crippen molar-refractivity contribution in [2.75, 3.05) is 47.9 Å². The Morgan fingerprint density at radius 1 is 1.23 bits per heavy atom. The summed E-state index contributed by atoms with van der Waals surface area (Å²) in [5.74, 6) is 1.66. The number of guanidine groups is 1. The van der Waals surface area contributed by atoms with Crippen LogP contribution < -0.4 is 15.4 Å². The van der Waals surface area contributed by atoms with Gasteiger partial charge in [-0.15, -0.1) is 24.0 Å². The molecule has 0 fully saturated rings. The number of nitrogens with zero attached hydrogens (tertiary/aromatic N) is 2. The first-order valence-corrected chi connectivity index (χ1v) is 8.70. The van der Waals surface area contributed by atoms with Crippen molar-refractivity contribution < 1.29 is 9.47 Å². The number of likely N-dealkylation sites (N-methyl/N-ethyl adjacent to an activating group) is 1. The fourth-order valence-corrected chi connectivity index (χ4v) is 2.32. The maximum atomic E-state index is 5.44. The SMILES string of the molecule is CCNC(=NCC(C)(C)OC)NCC(c1cccc(OC)c1)N(C)C.I. The van der Waals surface area contributed by atoms with Crippen LogP contribution in [0.25, 0.3) is 0 Å². The topological polar surface area (TPSA) is 58.1 Å². The Kier molecular flexibility index (Phi) is 11.8. The molecular formula is C19H35IN4O2. The van der Waals surface area contributed by atoms with Crippen molar-refractivity contribution >= 4 is 29.9 Å². The van der Waals surface area contributed by atoms with E-state index in [1.807, 2.05) is 26.0 Å². The third kappa shape index (κ3) is 8.55. The van der Waals surface area contributed by atoms with Crippen molar-refractivity contribution in [2.45, 2.75) is 32.4 Å². The van der Waals surface area contributed by atoms with E-state index in [1.54, 1.807) is 14.2 Å². The number of hydrogen-bond donors (Lipinski definition) is 2. The summed E-state index contributed by atoms with van der Waals surface area (Å²) in [4.78, 5) is 6.83. The molecule has 0 aliphatic carbocycles. The Morgan fingerprint density at radius 2 is 1.92 bits per heavy atom. The molecule has 1 rings (SSSR count). The second kappa shape index (κ2) is 12.3. The molecule has 0 saturated heterocycles. The quantitative estimate of drug-likeness (QED) is 0.325. The van der Waals surface area contributed by atoms with Gasteiger partial charge in [-0.2, -0.15) is 0 Å². The minimum absolute atomic E-state index is 0. The van der Waals surface area contributed by atoms with Crippen molar-refractivity contribution in [3.63, 3.8) is 0 Å². The number of aliphatic imine (C=N–C) groups is 1. The summed E-state index contributed by atoms with van der Waals surface area (Å²) in [5.41, 5.74) is 0.917. The van der Waals surface area contributed by atoms with Gasteiger partial charge in [-0.3, -0.25) is 4.99 Å². The molecule has 6 nitrogen and oxygen atoms in total. The highest BCUT2D eigenvalue weighted by atomic mass is 127. The van der Waals surface area contributed by atoms with Crippen molar-refractivity contribution in [3.8, 4) is 5.75 Å². The zero-order chi connectivity index (χ0) is 18.9. The Bertz CT molecular complexity index is 550. The van der Waals surface area contributed by atoms with Crippen molar-refractivity contribution in [2.24, 2.45) is 4.99 Å². The fourth-order valence-electron chi connectivity index (χ4n) is 2.32. The summed E-state index contributed by atoms with van der Waals surface area (Å²) < 4.78 is 10.8. The maximum absolute atomic E-state index is 5.44. The minimum Gasteiger partial charge on any atom is -0.497 e. The largest absolute Gasteiger partial charge is 0.497 e. The van der Waals surface area contributed by atoms with Crippen LogP contribution in [0.4, 0.5) is 0 Å². The van der Waals surface area contributed by atoms with Gasteiger partial charge in [-0.05, 0) is 52.6 Å². The van der Waals surface area contributed by atoms with E-state index in [4.69, 9.17) is 9.47 Å². The molecule has 26 heavy (non-hydrogen) atoms. The van der Waals surface area contributed by atoms with Gasteiger partial charge >= 0.3 is 0 Å². The van der Waals surface area contributed by atoms with Crippen LogP contribution in [-0.4, -0.2) is 64.4 Å². The molecule has 1 unspecified atom stereocenters. The van der Waals surface area contributed by atoms with Crippen LogP contribution in [0.5, 0.6) is 5.75 Å². The Morgan fingerprint density at radius 3 is 2.46 bits per heavy atom. The molecular weight excluding hydrogens is 443 g/mol. The zero-order valence-corrected chi connectivity index (χ0v) is 19.5. The normalized spacial score (nSPS) is 13.2. The fraction of sp³-hybridized carbons (Fsp3) is 0.632. The lowest BCUT2D eigenvalue weighted by molar-refractivity contribution is 0.0310. The first-order valence-electron chi connectivity index (χ1n) is 8.70. The van der Waals surface area contributed by atoms with Gasteiger partial charge in [0.1, 0.15) is 5.75 Å². The Labute approximate surface area is 175 Å². The molecule has 0 aliphatic heterocycles. The van der Waals surface area contributed by atoms with Crippen LogP contribution in [0, 0.1) is 0 Å². The third-order valence-corrected chi connectivity index (χ3v) is 4.08. The van der Waals surface area contributed by atoms with E-state index in [0.717, 1.165) is 24.8 Å². The van der Waals surface area contributed by atoms with Crippen molar-refractivity contribution in [1.82, 2.24) is 15.5 Å². The van der Waals surface area contributed by atoms with Gasteiger partial charge in [0.2, 0.25) is 0 Å². The number of halogens is 1. The van der Waals surface area contributed by atoms with Crippen LogP contribution in [-0.2, 0) is 4.74 Å². The highest BCUT2D eigenvalue weighted by Gasteiger charge is 2.18. The molecule has 0 aliphatic rings. The van der Waals surface area contributed by atoms with E-state index in [9.17, 15) is 0 Å². The van der Waals surface area contributed by atoms with Gasteiger partial charge < -0.3 is 25.0 Å². The third-order valence-electron chi connectivity index (χ3n) is 4.08. The number of benzene rings is 1.